The van der Waals surface area contributed by atoms with Gasteiger partial charge in [-0.3, -0.25) is 14.1 Å². The quantitative estimate of drug-likeness (QED) is 0.465. The van der Waals surface area contributed by atoms with Crippen LogP contribution in [0.2, 0.25) is 0 Å². The molecule has 0 aliphatic heterocycles. The third-order valence-corrected chi connectivity index (χ3v) is 3.47. The molecule has 0 aromatic carbocycles. The lowest BCUT2D eigenvalue weighted by Gasteiger charge is -2.20. The molecule has 1 N–H and O–H groups in total. The highest BCUT2D eigenvalue weighted by atomic mass is 32.2. The van der Waals surface area contributed by atoms with E-state index in [-0.39, 0.29) is 12.8 Å². The molecule has 1 rings (SSSR count). The van der Waals surface area contributed by atoms with E-state index >= 15 is 0 Å². The molecule has 1 unspecified atom stereocenters. The molecule has 1 atom stereocenters. The van der Waals surface area contributed by atoms with E-state index < -0.39 is 39.7 Å². The first-order valence-corrected chi connectivity index (χ1v) is 6.63. The van der Waals surface area contributed by atoms with Crippen molar-refractivity contribution in [3.05, 3.63) is 0 Å². The van der Waals surface area contributed by atoms with Crippen molar-refractivity contribution in [3.8, 4) is 0 Å². The van der Waals surface area contributed by atoms with Crippen molar-refractivity contribution in [2.45, 2.75) is 30.9 Å². The van der Waals surface area contributed by atoms with E-state index in [0.717, 1.165) is 0 Å². The molecule has 0 aromatic rings. The predicted octanol–water partition coefficient (Wildman–Crippen LogP) is 0.770. The second-order valence-corrected chi connectivity index (χ2v) is 5.53. The number of Topliss-reactive ketones (excluding diaryl/α,β-unsaturated/α-hetero) is 1. The molecule has 0 aromatic heterocycles. The lowest BCUT2D eigenvalue weighted by atomic mass is 9.88. The number of alkyl halides is 2. The average molecular weight is 286 g/mol. The zero-order valence-corrected chi connectivity index (χ0v) is 10.1. The summed E-state index contributed by atoms with van der Waals surface area (Å²) in [4.78, 5) is 22.6. The molecule has 9 heteroatoms. The van der Waals surface area contributed by atoms with Gasteiger partial charge >= 0.3 is 21.3 Å². The summed E-state index contributed by atoms with van der Waals surface area (Å²) in [5, 5.41) is -4.57. The fraction of sp³-hybridized carbons (Fsp3) is 0.778. The van der Waals surface area contributed by atoms with Crippen LogP contribution >= 0.6 is 0 Å². The molecule has 104 valence electrons. The van der Waals surface area contributed by atoms with Gasteiger partial charge in [-0.25, -0.2) is 0 Å². The van der Waals surface area contributed by atoms with Crippen LogP contribution in [0.4, 0.5) is 8.78 Å². The van der Waals surface area contributed by atoms with Gasteiger partial charge in [-0.1, -0.05) is 6.42 Å². The molecule has 1 aliphatic rings. The highest BCUT2D eigenvalue weighted by Crippen LogP contribution is 2.24. The monoisotopic (exact) mass is 286 g/mol. The molecule has 0 saturated heterocycles. The van der Waals surface area contributed by atoms with Gasteiger partial charge in [0.15, 0.2) is 6.61 Å². The van der Waals surface area contributed by atoms with Gasteiger partial charge in [0.05, 0.1) is 0 Å². The third-order valence-electron chi connectivity index (χ3n) is 2.60. The van der Waals surface area contributed by atoms with Crippen molar-refractivity contribution in [1.82, 2.24) is 0 Å². The second kappa shape index (κ2) is 5.27. The minimum atomic E-state index is -5.64. The SMILES string of the molecule is O=C1CCCCC1C(=O)OCC(F)(F)S(=O)(=O)O. The normalized spacial score (nSPS) is 21.7. The van der Waals surface area contributed by atoms with Crippen LogP contribution in [0, 0.1) is 5.92 Å². The van der Waals surface area contributed by atoms with Gasteiger partial charge in [0.1, 0.15) is 11.7 Å². The molecule has 0 heterocycles. The van der Waals surface area contributed by atoms with Crippen molar-refractivity contribution >= 4 is 21.9 Å². The molecule has 0 bridgehead atoms. The Morgan fingerprint density at radius 2 is 2.06 bits per heavy atom. The Kier molecular flexibility index (Phi) is 4.38. The summed E-state index contributed by atoms with van der Waals surface area (Å²) in [6.45, 7) is -1.80. The fourth-order valence-corrected chi connectivity index (χ4v) is 1.77. The summed E-state index contributed by atoms with van der Waals surface area (Å²) in [7, 11) is -5.64. The number of ether oxygens (including phenoxy) is 1. The van der Waals surface area contributed by atoms with Crippen LogP contribution in [0.15, 0.2) is 0 Å². The number of ketones is 1. The van der Waals surface area contributed by atoms with Crippen LogP contribution < -0.4 is 0 Å². The van der Waals surface area contributed by atoms with Crippen molar-refractivity contribution in [1.29, 1.82) is 0 Å². The van der Waals surface area contributed by atoms with E-state index in [1.54, 1.807) is 0 Å². The molecule has 1 saturated carbocycles. The zero-order valence-electron chi connectivity index (χ0n) is 9.27. The maximum atomic E-state index is 12.8. The summed E-state index contributed by atoms with van der Waals surface area (Å²) in [5.41, 5.74) is 0. The molecule has 1 aliphatic carbocycles. The largest absolute Gasteiger partial charge is 0.457 e. The Morgan fingerprint density at radius 1 is 1.44 bits per heavy atom. The van der Waals surface area contributed by atoms with E-state index in [9.17, 15) is 26.8 Å². The van der Waals surface area contributed by atoms with Crippen LogP contribution in [-0.4, -0.2) is 36.6 Å². The van der Waals surface area contributed by atoms with E-state index in [0.29, 0.717) is 12.8 Å². The van der Waals surface area contributed by atoms with E-state index in [4.69, 9.17) is 4.55 Å². The topological polar surface area (TPSA) is 97.7 Å². The van der Waals surface area contributed by atoms with Gasteiger partial charge in [-0.15, -0.1) is 0 Å². The lowest BCUT2D eigenvalue weighted by molar-refractivity contribution is -0.158. The summed E-state index contributed by atoms with van der Waals surface area (Å²) >= 11 is 0. The number of carbonyl (C=O) groups excluding carboxylic acids is 2. The smallest absolute Gasteiger partial charge is 0.402 e. The van der Waals surface area contributed by atoms with Crippen LogP contribution in [0.5, 0.6) is 0 Å². The molecular formula is C9H12F2O6S. The molecule has 0 spiro atoms. The van der Waals surface area contributed by atoms with Gasteiger partial charge in [0, 0.05) is 6.42 Å². The Morgan fingerprint density at radius 3 is 2.56 bits per heavy atom. The molecule has 0 amide bonds. The van der Waals surface area contributed by atoms with Gasteiger partial charge in [0.2, 0.25) is 0 Å². The first kappa shape index (κ1) is 15.0. The first-order valence-electron chi connectivity index (χ1n) is 5.19. The van der Waals surface area contributed by atoms with Crippen molar-refractivity contribution < 1.29 is 36.1 Å². The average Bonchev–Trinajstić information content (AvgIpc) is 2.25. The Hall–Kier alpha value is -1.09. The summed E-state index contributed by atoms with van der Waals surface area (Å²) in [6, 6.07) is 0. The van der Waals surface area contributed by atoms with Crippen molar-refractivity contribution in [2.24, 2.45) is 5.92 Å². The fourth-order valence-electron chi connectivity index (χ4n) is 1.56. The molecule has 18 heavy (non-hydrogen) atoms. The minimum absolute atomic E-state index is 0.175. The standard InChI is InChI=1S/C9H12F2O6S/c10-9(11,18(14,15)16)5-17-8(13)6-3-1-2-4-7(6)12/h6H,1-5H2,(H,14,15,16). The molecular weight excluding hydrogens is 274 g/mol. The Balaban J connectivity index is 2.58. The van der Waals surface area contributed by atoms with Gasteiger partial charge in [0.25, 0.3) is 0 Å². The zero-order chi connectivity index (χ0) is 14.0. The highest BCUT2D eigenvalue weighted by molar-refractivity contribution is 7.86. The number of carbonyl (C=O) groups is 2. The maximum absolute atomic E-state index is 12.8. The Labute approximate surface area is 102 Å². The summed E-state index contributed by atoms with van der Waals surface area (Å²) in [6.07, 6.45) is 1.60. The maximum Gasteiger partial charge on any atom is 0.402 e. The second-order valence-electron chi connectivity index (χ2n) is 3.98. The third kappa shape index (κ3) is 3.45. The van der Waals surface area contributed by atoms with Crippen LogP contribution in [0.25, 0.3) is 0 Å². The van der Waals surface area contributed by atoms with Crippen LogP contribution in [-0.2, 0) is 24.4 Å². The summed E-state index contributed by atoms with van der Waals surface area (Å²) in [5.74, 6) is -2.69. The van der Waals surface area contributed by atoms with E-state index in [2.05, 4.69) is 4.74 Å². The van der Waals surface area contributed by atoms with Crippen molar-refractivity contribution in [2.75, 3.05) is 6.61 Å². The molecule has 0 radical (unpaired) electrons. The minimum Gasteiger partial charge on any atom is -0.457 e. The number of hydrogen-bond acceptors (Lipinski definition) is 5. The van der Waals surface area contributed by atoms with Crippen LogP contribution in [0.3, 0.4) is 0 Å². The first-order chi connectivity index (χ1) is 8.15. The van der Waals surface area contributed by atoms with Crippen LogP contribution in [0.1, 0.15) is 25.7 Å². The molecule has 6 nitrogen and oxygen atoms in total. The van der Waals surface area contributed by atoms with E-state index in [1.807, 2.05) is 0 Å². The number of halogens is 2. The van der Waals surface area contributed by atoms with E-state index in [1.165, 1.54) is 0 Å². The number of esters is 1. The highest BCUT2D eigenvalue weighted by Gasteiger charge is 2.46. The van der Waals surface area contributed by atoms with Gasteiger partial charge < -0.3 is 4.74 Å². The summed E-state index contributed by atoms with van der Waals surface area (Å²) < 4.78 is 58.3. The van der Waals surface area contributed by atoms with Gasteiger partial charge in [-0.05, 0) is 12.8 Å². The number of rotatable bonds is 4. The molecule has 1 fully saturated rings. The predicted molar refractivity (Wildman–Crippen MR) is 54.4 cm³/mol. The van der Waals surface area contributed by atoms with Crippen molar-refractivity contribution in [3.63, 3.8) is 0 Å². The number of hydrogen-bond donors (Lipinski definition) is 1. The lowest BCUT2D eigenvalue weighted by Crippen LogP contribution is -2.37. The Bertz CT molecular complexity index is 444. The van der Waals surface area contributed by atoms with Gasteiger partial charge in [-0.2, -0.15) is 17.2 Å².